The lowest BCUT2D eigenvalue weighted by molar-refractivity contribution is -0.134. The van der Waals surface area contributed by atoms with Crippen molar-refractivity contribution in [2.24, 2.45) is 0 Å². The van der Waals surface area contributed by atoms with Gasteiger partial charge in [0.25, 0.3) is 11.8 Å². The first-order valence-corrected chi connectivity index (χ1v) is 10.4. The van der Waals surface area contributed by atoms with Gasteiger partial charge in [0.2, 0.25) is 0 Å². The van der Waals surface area contributed by atoms with Gasteiger partial charge in [0.1, 0.15) is 6.04 Å². The van der Waals surface area contributed by atoms with Gasteiger partial charge in [0.05, 0.1) is 18.2 Å². The van der Waals surface area contributed by atoms with Gasteiger partial charge in [-0.15, -0.1) is 0 Å². The summed E-state index contributed by atoms with van der Waals surface area (Å²) in [6, 6.07) is 20.9. The molecule has 2 unspecified atom stereocenters. The van der Waals surface area contributed by atoms with Gasteiger partial charge in [-0.3, -0.25) is 14.5 Å². The maximum atomic E-state index is 13.2. The standard InChI is InChI=1S/C25H22N4O3/c1-28-15-19(23(30)26-20-13-7-11-17-10-5-6-12-18(17)20)21-22(28)24(31)29(25(32)27-21)14-16-8-3-2-4-9-16/h2-13,15,21-22H,14H2,1H3,(H,26,30)(H,27,32). The highest BCUT2D eigenvalue weighted by Crippen LogP contribution is 2.29. The monoisotopic (exact) mass is 426 g/mol. The summed E-state index contributed by atoms with van der Waals surface area (Å²) in [5, 5.41) is 7.74. The molecule has 0 spiro atoms. The van der Waals surface area contributed by atoms with Crippen molar-refractivity contribution in [3.05, 3.63) is 90.1 Å². The summed E-state index contributed by atoms with van der Waals surface area (Å²) in [7, 11) is 1.74. The van der Waals surface area contributed by atoms with E-state index in [0.717, 1.165) is 16.3 Å². The predicted octanol–water partition coefficient (Wildman–Crippen LogP) is 3.10. The Kier molecular flexibility index (Phi) is 4.86. The van der Waals surface area contributed by atoms with E-state index < -0.39 is 18.1 Å². The molecule has 32 heavy (non-hydrogen) atoms. The minimum absolute atomic E-state index is 0.181. The zero-order valence-electron chi connectivity index (χ0n) is 17.5. The predicted molar refractivity (Wildman–Crippen MR) is 122 cm³/mol. The summed E-state index contributed by atoms with van der Waals surface area (Å²) < 4.78 is 0. The number of carbonyl (C=O) groups is 3. The number of hydrogen-bond acceptors (Lipinski definition) is 4. The fourth-order valence-electron chi connectivity index (χ4n) is 4.37. The molecule has 2 atom stereocenters. The van der Waals surface area contributed by atoms with Gasteiger partial charge in [-0.2, -0.15) is 0 Å². The normalized spacial score (nSPS) is 20.1. The van der Waals surface area contributed by atoms with Crippen molar-refractivity contribution in [3.63, 3.8) is 0 Å². The van der Waals surface area contributed by atoms with Crippen LogP contribution in [0.4, 0.5) is 10.5 Å². The Labute approximate surface area is 185 Å². The SMILES string of the molecule is CN1C=C(C(=O)Nc2cccc3ccccc23)C2NC(=O)N(Cc3ccccc3)C(=O)C21. The van der Waals surface area contributed by atoms with Crippen molar-refractivity contribution < 1.29 is 14.4 Å². The summed E-state index contributed by atoms with van der Waals surface area (Å²) in [5.74, 6) is -0.667. The van der Waals surface area contributed by atoms with E-state index in [1.54, 1.807) is 18.1 Å². The van der Waals surface area contributed by atoms with Gasteiger partial charge in [-0.25, -0.2) is 4.79 Å². The molecule has 0 radical (unpaired) electrons. The van der Waals surface area contributed by atoms with Crippen molar-refractivity contribution >= 4 is 34.3 Å². The summed E-state index contributed by atoms with van der Waals surface area (Å²) in [6.45, 7) is 0.181. The number of urea groups is 1. The first kappa shape index (κ1) is 19.8. The molecule has 5 rings (SSSR count). The average Bonchev–Trinajstić information content (AvgIpc) is 3.13. The number of likely N-dealkylation sites (N-methyl/N-ethyl adjacent to an activating group) is 1. The Bertz CT molecular complexity index is 1250. The van der Waals surface area contributed by atoms with E-state index in [2.05, 4.69) is 10.6 Å². The molecule has 7 nitrogen and oxygen atoms in total. The molecular weight excluding hydrogens is 404 g/mol. The van der Waals surface area contributed by atoms with Crippen LogP contribution in [0.2, 0.25) is 0 Å². The third-order valence-electron chi connectivity index (χ3n) is 5.96. The number of amides is 4. The van der Waals surface area contributed by atoms with Gasteiger partial charge in [-0.05, 0) is 17.0 Å². The second-order valence-corrected chi connectivity index (χ2v) is 8.01. The minimum atomic E-state index is -0.706. The molecule has 2 aliphatic heterocycles. The van der Waals surface area contributed by atoms with Gasteiger partial charge in [0.15, 0.2) is 0 Å². The number of hydrogen-bond donors (Lipinski definition) is 2. The molecule has 1 saturated heterocycles. The van der Waals surface area contributed by atoms with E-state index in [9.17, 15) is 14.4 Å². The molecule has 2 heterocycles. The van der Waals surface area contributed by atoms with E-state index in [4.69, 9.17) is 0 Å². The zero-order valence-corrected chi connectivity index (χ0v) is 17.5. The van der Waals surface area contributed by atoms with Gasteiger partial charge >= 0.3 is 6.03 Å². The molecule has 2 N–H and O–H groups in total. The molecule has 0 aromatic heterocycles. The van der Waals surface area contributed by atoms with Crippen LogP contribution in [0, 0.1) is 0 Å². The molecule has 0 bridgehead atoms. The number of nitrogens with one attached hydrogen (secondary N) is 2. The number of imide groups is 1. The van der Waals surface area contributed by atoms with Crippen molar-refractivity contribution in [1.82, 2.24) is 15.1 Å². The Morgan fingerprint density at radius 2 is 1.69 bits per heavy atom. The van der Waals surface area contributed by atoms with Gasteiger partial charge in [0, 0.05) is 24.3 Å². The highest BCUT2D eigenvalue weighted by molar-refractivity contribution is 6.12. The Hall–Kier alpha value is -4.13. The van der Waals surface area contributed by atoms with Crippen molar-refractivity contribution in [3.8, 4) is 0 Å². The summed E-state index contributed by atoms with van der Waals surface area (Å²) in [4.78, 5) is 42.0. The number of anilines is 1. The lowest BCUT2D eigenvalue weighted by Gasteiger charge is -2.37. The van der Waals surface area contributed by atoms with Crippen LogP contribution in [-0.2, 0) is 16.1 Å². The second kappa shape index (κ2) is 7.85. The zero-order chi connectivity index (χ0) is 22.2. The van der Waals surface area contributed by atoms with Gasteiger partial charge < -0.3 is 15.5 Å². The molecule has 160 valence electrons. The van der Waals surface area contributed by atoms with Crippen LogP contribution in [-0.4, -0.2) is 46.8 Å². The summed E-state index contributed by atoms with van der Waals surface area (Å²) in [6.07, 6.45) is 1.64. The van der Waals surface area contributed by atoms with E-state index >= 15 is 0 Å². The first-order valence-electron chi connectivity index (χ1n) is 10.4. The number of nitrogens with zero attached hydrogens (tertiary/aromatic N) is 2. The van der Waals surface area contributed by atoms with Crippen LogP contribution in [0.5, 0.6) is 0 Å². The third-order valence-corrected chi connectivity index (χ3v) is 5.96. The molecule has 0 saturated carbocycles. The molecule has 1 fully saturated rings. The van der Waals surface area contributed by atoms with E-state index in [1.807, 2.05) is 72.8 Å². The highest BCUT2D eigenvalue weighted by Gasteiger charge is 2.49. The van der Waals surface area contributed by atoms with Gasteiger partial charge in [-0.1, -0.05) is 66.7 Å². The Morgan fingerprint density at radius 1 is 0.969 bits per heavy atom. The maximum Gasteiger partial charge on any atom is 0.325 e. The van der Waals surface area contributed by atoms with Crippen LogP contribution >= 0.6 is 0 Å². The average molecular weight is 426 g/mol. The lowest BCUT2D eigenvalue weighted by atomic mass is 9.98. The van der Waals surface area contributed by atoms with Crippen molar-refractivity contribution in [1.29, 1.82) is 0 Å². The molecule has 3 aromatic rings. The van der Waals surface area contributed by atoms with Crippen LogP contribution in [0.15, 0.2) is 84.6 Å². The number of benzene rings is 3. The molecule has 4 amide bonds. The minimum Gasteiger partial charge on any atom is -0.366 e. The van der Waals surface area contributed by atoms with E-state index in [-0.39, 0.29) is 18.4 Å². The quantitative estimate of drug-likeness (QED) is 0.672. The maximum absolute atomic E-state index is 13.2. The summed E-state index contributed by atoms with van der Waals surface area (Å²) >= 11 is 0. The second-order valence-electron chi connectivity index (χ2n) is 8.01. The molecule has 7 heteroatoms. The molecule has 2 aliphatic rings. The number of fused-ring (bicyclic) bond motifs is 2. The largest absolute Gasteiger partial charge is 0.366 e. The third kappa shape index (κ3) is 3.37. The Balaban J connectivity index is 1.37. The van der Waals surface area contributed by atoms with Crippen LogP contribution in [0.25, 0.3) is 10.8 Å². The molecule has 0 aliphatic carbocycles. The highest BCUT2D eigenvalue weighted by atomic mass is 16.2. The van der Waals surface area contributed by atoms with Crippen LogP contribution < -0.4 is 10.6 Å². The van der Waals surface area contributed by atoms with Crippen molar-refractivity contribution in [2.75, 3.05) is 12.4 Å². The fraction of sp³-hybridized carbons (Fsp3) is 0.160. The summed E-state index contributed by atoms with van der Waals surface area (Å²) in [5.41, 5.74) is 1.89. The van der Waals surface area contributed by atoms with Crippen LogP contribution in [0.1, 0.15) is 5.56 Å². The lowest BCUT2D eigenvalue weighted by Crippen LogP contribution is -2.64. The van der Waals surface area contributed by atoms with Crippen molar-refractivity contribution in [2.45, 2.75) is 18.6 Å². The fourth-order valence-corrected chi connectivity index (χ4v) is 4.37. The first-order chi connectivity index (χ1) is 15.5. The number of rotatable bonds is 4. The van der Waals surface area contributed by atoms with Crippen LogP contribution in [0.3, 0.4) is 0 Å². The number of carbonyl (C=O) groups excluding carboxylic acids is 3. The molecular formula is C25H22N4O3. The topological polar surface area (TPSA) is 81.8 Å². The molecule has 3 aromatic carbocycles. The Morgan fingerprint density at radius 3 is 2.50 bits per heavy atom. The smallest absolute Gasteiger partial charge is 0.325 e. The van der Waals surface area contributed by atoms with E-state index in [1.165, 1.54) is 4.90 Å². The van der Waals surface area contributed by atoms with E-state index in [0.29, 0.717) is 11.3 Å².